The minimum absolute atomic E-state index is 0.000562. The predicted molar refractivity (Wildman–Crippen MR) is 98.4 cm³/mol. The van der Waals surface area contributed by atoms with Crippen LogP contribution in [0.25, 0.3) is 6.08 Å². The summed E-state index contributed by atoms with van der Waals surface area (Å²) in [5, 5.41) is 0. The highest BCUT2D eigenvalue weighted by Gasteiger charge is 2.18. The van der Waals surface area contributed by atoms with Crippen molar-refractivity contribution in [3.8, 4) is 11.5 Å². The van der Waals surface area contributed by atoms with Crippen molar-refractivity contribution >= 4 is 28.4 Å². The average Bonchev–Trinajstić information content (AvgIpc) is 2.58. The quantitative estimate of drug-likeness (QED) is 0.242. The molecular formula is C18H24O8S. The molecule has 0 aromatic heterocycles. The molecule has 8 nitrogen and oxygen atoms in total. The van der Waals surface area contributed by atoms with Gasteiger partial charge in [0, 0.05) is 13.0 Å². The van der Waals surface area contributed by atoms with Gasteiger partial charge in [-0.25, -0.2) is 8.98 Å². The Balaban J connectivity index is 2.95. The van der Waals surface area contributed by atoms with Crippen LogP contribution in [0.4, 0.5) is 0 Å². The van der Waals surface area contributed by atoms with Gasteiger partial charge in [0.1, 0.15) is 0 Å². The molecule has 0 heterocycles. The first-order valence-electron chi connectivity index (χ1n) is 8.53. The molecule has 1 aromatic rings. The molecule has 0 radical (unpaired) electrons. The molecule has 0 amide bonds. The third kappa shape index (κ3) is 9.20. The van der Waals surface area contributed by atoms with Crippen LogP contribution in [0.3, 0.4) is 0 Å². The molecule has 0 atom stereocenters. The summed E-state index contributed by atoms with van der Waals surface area (Å²) in [6, 6.07) is 4.15. The summed E-state index contributed by atoms with van der Waals surface area (Å²) in [6.07, 6.45) is 4.96. The van der Waals surface area contributed by atoms with E-state index >= 15 is 0 Å². The van der Waals surface area contributed by atoms with Crippen molar-refractivity contribution in [2.24, 2.45) is 0 Å². The van der Waals surface area contributed by atoms with Gasteiger partial charge in [0.15, 0.2) is 11.5 Å². The predicted octanol–water partition coefficient (Wildman–Crippen LogP) is 3.02. The standard InChI is InChI=1S/C18H24O8S/c1-4-6-7-12-24-27(21,22)26-16-10-8-15(9-11-18(20)23-5-2)13-17(16)25-14(3)19/h8-11,13H,4-7,12H2,1-3H3/b11-9+. The van der Waals surface area contributed by atoms with Crippen molar-refractivity contribution in [1.82, 2.24) is 0 Å². The second-order valence-electron chi connectivity index (χ2n) is 5.41. The van der Waals surface area contributed by atoms with E-state index in [0.29, 0.717) is 12.0 Å². The molecule has 27 heavy (non-hydrogen) atoms. The second kappa shape index (κ2) is 11.3. The number of benzene rings is 1. The summed E-state index contributed by atoms with van der Waals surface area (Å²) in [6.45, 7) is 5.07. The fourth-order valence-corrected chi connectivity index (χ4v) is 2.66. The Labute approximate surface area is 159 Å². The minimum atomic E-state index is -4.30. The lowest BCUT2D eigenvalue weighted by Gasteiger charge is -2.11. The van der Waals surface area contributed by atoms with Crippen LogP contribution >= 0.6 is 0 Å². The van der Waals surface area contributed by atoms with Crippen molar-refractivity contribution < 1.29 is 35.8 Å². The lowest BCUT2D eigenvalue weighted by Crippen LogP contribution is -2.15. The average molecular weight is 400 g/mol. The summed E-state index contributed by atoms with van der Waals surface area (Å²) in [5.74, 6) is -1.51. The maximum Gasteiger partial charge on any atom is 0.449 e. The van der Waals surface area contributed by atoms with Crippen LogP contribution in [0.5, 0.6) is 11.5 Å². The van der Waals surface area contributed by atoms with Crippen molar-refractivity contribution in [1.29, 1.82) is 0 Å². The molecule has 0 aliphatic heterocycles. The molecule has 0 fully saturated rings. The van der Waals surface area contributed by atoms with Gasteiger partial charge >= 0.3 is 22.3 Å². The van der Waals surface area contributed by atoms with Gasteiger partial charge in [0.25, 0.3) is 0 Å². The topological polar surface area (TPSA) is 105 Å². The summed E-state index contributed by atoms with van der Waals surface area (Å²) in [5.41, 5.74) is 0.480. The molecule has 0 N–H and O–H groups in total. The van der Waals surface area contributed by atoms with Crippen LogP contribution in [-0.2, 0) is 28.9 Å². The Kier molecular flexibility index (Phi) is 9.52. The summed E-state index contributed by atoms with van der Waals surface area (Å²) in [7, 11) is -4.30. The van der Waals surface area contributed by atoms with Gasteiger partial charge in [0.05, 0.1) is 13.2 Å². The molecule has 0 aliphatic carbocycles. The molecule has 1 aromatic carbocycles. The first-order chi connectivity index (χ1) is 12.8. The van der Waals surface area contributed by atoms with Gasteiger partial charge in [-0.15, -0.1) is 0 Å². The number of hydrogen-bond donors (Lipinski definition) is 0. The molecule has 1 rings (SSSR count). The van der Waals surface area contributed by atoms with E-state index in [1.807, 2.05) is 6.92 Å². The summed E-state index contributed by atoms with van der Waals surface area (Å²) < 4.78 is 43.2. The van der Waals surface area contributed by atoms with Crippen LogP contribution in [0.2, 0.25) is 0 Å². The third-order valence-electron chi connectivity index (χ3n) is 3.09. The van der Waals surface area contributed by atoms with Gasteiger partial charge in [-0.3, -0.25) is 4.79 Å². The van der Waals surface area contributed by atoms with Gasteiger partial charge < -0.3 is 13.7 Å². The molecule has 0 saturated carbocycles. The van der Waals surface area contributed by atoms with Gasteiger partial charge in [-0.2, -0.15) is 8.42 Å². The third-order valence-corrected chi connectivity index (χ3v) is 3.93. The van der Waals surface area contributed by atoms with Crippen LogP contribution in [0, 0.1) is 0 Å². The smallest absolute Gasteiger partial charge is 0.449 e. The molecule has 9 heteroatoms. The molecule has 0 aliphatic rings. The second-order valence-corrected chi connectivity index (χ2v) is 6.62. The van der Waals surface area contributed by atoms with E-state index in [-0.39, 0.29) is 24.7 Å². The molecule has 0 spiro atoms. The zero-order chi connectivity index (χ0) is 20.3. The number of hydrogen-bond acceptors (Lipinski definition) is 8. The highest BCUT2D eigenvalue weighted by molar-refractivity contribution is 7.82. The molecule has 150 valence electrons. The number of esters is 2. The number of ether oxygens (including phenoxy) is 2. The van der Waals surface area contributed by atoms with E-state index in [9.17, 15) is 18.0 Å². The van der Waals surface area contributed by atoms with Gasteiger partial charge in [0.2, 0.25) is 0 Å². The minimum Gasteiger partial charge on any atom is -0.463 e. The maximum absolute atomic E-state index is 11.9. The van der Waals surface area contributed by atoms with Crippen LogP contribution < -0.4 is 8.92 Å². The zero-order valence-electron chi connectivity index (χ0n) is 15.6. The van der Waals surface area contributed by atoms with E-state index in [2.05, 4.69) is 0 Å². The fraction of sp³-hybridized carbons (Fsp3) is 0.444. The van der Waals surface area contributed by atoms with E-state index in [4.69, 9.17) is 17.8 Å². The van der Waals surface area contributed by atoms with Crippen molar-refractivity contribution in [3.63, 3.8) is 0 Å². The van der Waals surface area contributed by atoms with Crippen LogP contribution in [-0.4, -0.2) is 33.6 Å². The lowest BCUT2D eigenvalue weighted by molar-refractivity contribution is -0.137. The van der Waals surface area contributed by atoms with E-state index in [1.54, 1.807) is 6.92 Å². The van der Waals surface area contributed by atoms with Crippen LogP contribution in [0.1, 0.15) is 45.6 Å². The highest BCUT2D eigenvalue weighted by atomic mass is 32.3. The Morgan fingerprint density at radius 2 is 1.85 bits per heavy atom. The fourth-order valence-electron chi connectivity index (χ4n) is 1.93. The Hall–Kier alpha value is -2.39. The first-order valence-corrected chi connectivity index (χ1v) is 9.87. The van der Waals surface area contributed by atoms with Gasteiger partial charge in [-0.1, -0.05) is 25.8 Å². The number of carbonyl (C=O) groups is 2. The SMILES string of the molecule is CCCCCOS(=O)(=O)Oc1ccc(/C=C/C(=O)OCC)cc1OC(C)=O. The van der Waals surface area contributed by atoms with Crippen molar-refractivity contribution in [3.05, 3.63) is 29.8 Å². The zero-order valence-corrected chi connectivity index (χ0v) is 16.4. The van der Waals surface area contributed by atoms with E-state index in [0.717, 1.165) is 12.8 Å². The van der Waals surface area contributed by atoms with E-state index < -0.39 is 22.3 Å². The molecule has 0 unspecified atom stereocenters. The number of unbranched alkanes of at least 4 members (excludes halogenated alkanes) is 2. The first kappa shape index (κ1) is 22.7. The van der Waals surface area contributed by atoms with Crippen molar-refractivity contribution in [2.75, 3.05) is 13.2 Å². The Bertz CT molecular complexity index is 768. The molecule has 0 bridgehead atoms. The summed E-state index contributed by atoms with van der Waals surface area (Å²) >= 11 is 0. The monoisotopic (exact) mass is 400 g/mol. The Morgan fingerprint density at radius 1 is 1.11 bits per heavy atom. The normalized spacial score (nSPS) is 11.4. The Morgan fingerprint density at radius 3 is 2.48 bits per heavy atom. The number of rotatable bonds is 11. The highest BCUT2D eigenvalue weighted by Crippen LogP contribution is 2.30. The van der Waals surface area contributed by atoms with E-state index in [1.165, 1.54) is 37.3 Å². The summed E-state index contributed by atoms with van der Waals surface area (Å²) in [4.78, 5) is 22.7. The maximum atomic E-state index is 11.9. The molecular weight excluding hydrogens is 376 g/mol. The molecule has 0 saturated heterocycles. The van der Waals surface area contributed by atoms with Crippen LogP contribution in [0.15, 0.2) is 24.3 Å². The largest absolute Gasteiger partial charge is 0.463 e. The lowest BCUT2D eigenvalue weighted by atomic mass is 10.2. The van der Waals surface area contributed by atoms with Crippen molar-refractivity contribution in [2.45, 2.75) is 40.0 Å². The number of carbonyl (C=O) groups excluding carboxylic acids is 2. The van der Waals surface area contributed by atoms with Gasteiger partial charge in [-0.05, 0) is 37.1 Å².